The van der Waals surface area contributed by atoms with E-state index in [-0.39, 0.29) is 5.92 Å². The van der Waals surface area contributed by atoms with Gasteiger partial charge in [0.15, 0.2) is 0 Å². The number of nitrogens with two attached hydrogens (primary N) is 1. The highest BCUT2D eigenvalue weighted by Gasteiger charge is 2.16. The SMILES string of the molecule is NCCC(c1ccc(-c2cn[nH]c2)cc1)c1ccco1. The highest BCUT2D eigenvalue weighted by Crippen LogP contribution is 2.29. The van der Waals surface area contributed by atoms with Crippen LogP contribution in [0.2, 0.25) is 0 Å². The van der Waals surface area contributed by atoms with Crippen molar-refractivity contribution in [3.63, 3.8) is 0 Å². The second kappa shape index (κ2) is 5.75. The predicted molar refractivity (Wildman–Crippen MR) is 78.2 cm³/mol. The van der Waals surface area contributed by atoms with Crippen LogP contribution in [0.25, 0.3) is 11.1 Å². The normalized spacial score (nSPS) is 12.4. The number of H-pyrrole nitrogens is 1. The molecular weight excluding hydrogens is 250 g/mol. The molecule has 0 aliphatic heterocycles. The molecule has 0 saturated heterocycles. The molecule has 0 fully saturated rings. The van der Waals surface area contributed by atoms with Crippen molar-refractivity contribution in [1.82, 2.24) is 10.2 Å². The quantitative estimate of drug-likeness (QED) is 0.746. The fourth-order valence-corrected chi connectivity index (χ4v) is 2.45. The van der Waals surface area contributed by atoms with Crippen LogP contribution in [-0.2, 0) is 0 Å². The standard InChI is InChI=1S/C16H17N3O/c17-8-7-15(16-2-1-9-20-16)13-5-3-12(4-6-13)14-10-18-19-11-14/h1-6,9-11,15H,7-8,17H2,(H,18,19). The van der Waals surface area contributed by atoms with Gasteiger partial charge in [-0.25, -0.2) is 0 Å². The monoisotopic (exact) mass is 267 g/mol. The van der Waals surface area contributed by atoms with E-state index in [0.717, 1.165) is 23.3 Å². The molecule has 0 aliphatic carbocycles. The lowest BCUT2D eigenvalue weighted by atomic mass is 9.92. The molecule has 3 rings (SSSR count). The van der Waals surface area contributed by atoms with Crippen LogP contribution in [-0.4, -0.2) is 16.7 Å². The number of furan rings is 1. The Hall–Kier alpha value is -2.33. The van der Waals surface area contributed by atoms with Gasteiger partial charge in [0.1, 0.15) is 5.76 Å². The molecule has 2 heterocycles. The Kier molecular flexibility index (Phi) is 3.65. The van der Waals surface area contributed by atoms with Gasteiger partial charge in [-0.15, -0.1) is 0 Å². The van der Waals surface area contributed by atoms with E-state index in [0.29, 0.717) is 6.54 Å². The lowest BCUT2D eigenvalue weighted by molar-refractivity contribution is 0.476. The minimum atomic E-state index is 0.216. The Morgan fingerprint density at radius 2 is 2.00 bits per heavy atom. The highest BCUT2D eigenvalue weighted by atomic mass is 16.3. The first kappa shape index (κ1) is 12.7. The molecule has 0 radical (unpaired) electrons. The summed E-state index contributed by atoms with van der Waals surface area (Å²) >= 11 is 0. The van der Waals surface area contributed by atoms with Crippen molar-refractivity contribution >= 4 is 0 Å². The summed E-state index contributed by atoms with van der Waals surface area (Å²) in [6, 6.07) is 12.4. The van der Waals surface area contributed by atoms with Gasteiger partial charge in [-0.2, -0.15) is 5.10 Å². The summed E-state index contributed by atoms with van der Waals surface area (Å²) in [7, 11) is 0. The van der Waals surface area contributed by atoms with Crippen molar-refractivity contribution in [3.8, 4) is 11.1 Å². The molecule has 0 saturated carbocycles. The minimum absolute atomic E-state index is 0.216. The van der Waals surface area contributed by atoms with Gasteiger partial charge in [0.2, 0.25) is 0 Å². The zero-order valence-electron chi connectivity index (χ0n) is 11.1. The molecular formula is C16H17N3O. The number of rotatable bonds is 5. The fourth-order valence-electron chi connectivity index (χ4n) is 2.45. The van der Waals surface area contributed by atoms with Crippen molar-refractivity contribution in [3.05, 3.63) is 66.4 Å². The van der Waals surface area contributed by atoms with E-state index in [2.05, 4.69) is 34.5 Å². The molecule has 1 aromatic carbocycles. The van der Waals surface area contributed by atoms with Crippen LogP contribution in [0.3, 0.4) is 0 Å². The molecule has 0 aliphatic rings. The third-order valence-corrected chi connectivity index (χ3v) is 3.49. The largest absolute Gasteiger partial charge is 0.469 e. The third-order valence-electron chi connectivity index (χ3n) is 3.49. The van der Waals surface area contributed by atoms with E-state index in [1.807, 2.05) is 24.5 Å². The zero-order valence-corrected chi connectivity index (χ0v) is 11.1. The van der Waals surface area contributed by atoms with Gasteiger partial charge < -0.3 is 10.2 Å². The molecule has 3 N–H and O–H groups in total. The number of hydrogen-bond acceptors (Lipinski definition) is 3. The Labute approximate surface area is 117 Å². The molecule has 1 atom stereocenters. The van der Waals surface area contributed by atoms with Crippen LogP contribution < -0.4 is 5.73 Å². The molecule has 4 nitrogen and oxygen atoms in total. The molecule has 4 heteroatoms. The number of aromatic nitrogens is 2. The van der Waals surface area contributed by atoms with Crippen molar-refractivity contribution < 1.29 is 4.42 Å². The van der Waals surface area contributed by atoms with Crippen molar-refractivity contribution in [2.75, 3.05) is 6.54 Å². The van der Waals surface area contributed by atoms with E-state index in [1.165, 1.54) is 5.56 Å². The summed E-state index contributed by atoms with van der Waals surface area (Å²) in [5.41, 5.74) is 9.18. The van der Waals surface area contributed by atoms with E-state index >= 15 is 0 Å². The first-order valence-electron chi connectivity index (χ1n) is 6.71. The first-order chi connectivity index (χ1) is 9.88. The average Bonchev–Trinajstić information content (AvgIpc) is 3.18. The molecule has 1 unspecified atom stereocenters. The van der Waals surface area contributed by atoms with Gasteiger partial charge in [-0.1, -0.05) is 24.3 Å². The summed E-state index contributed by atoms with van der Waals surface area (Å²) in [5.74, 6) is 1.18. The van der Waals surface area contributed by atoms with E-state index in [9.17, 15) is 0 Å². The van der Waals surface area contributed by atoms with Gasteiger partial charge in [0.25, 0.3) is 0 Å². The molecule has 0 bridgehead atoms. The van der Waals surface area contributed by atoms with Crippen LogP contribution >= 0.6 is 0 Å². The Bertz CT molecular complexity index is 627. The smallest absolute Gasteiger partial charge is 0.111 e. The van der Waals surface area contributed by atoms with E-state index in [4.69, 9.17) is 10.2 Å². The number of aromatic amines is 1. The summed E-state index contributed by atoms with van der Waals surface area (Å²) < 4.78 is 5.53. The van der Waals surface area contributed by atoms with Gasteiger partial charge >= 0.3 is 0 Å². The van der Waals surface area contributed by atoms with Crippen LogP contribution in [0.15, 0.2) is 59.5 Å². The summed E-state index contributed by atoms with van der Waals surface area (Å²) in [6.07, 6.45) is 6.29. The maximum Gasteiger partial charge on any atom is 0.111 e. The first-order valence-corrected chi connectivity index (χ1v) is 6.71. The molecule has 102 valence electrons. The Morgan fingerprint density at radius 1 is 1.15 bits per heavy atom. The number of nitrogens with one attached hydrogen (secondary N) is 1. The minimum Gasteiger partial charge on any atom is -0.469 e. The molecule has 20 heavy (non-hydrogen) atoms. The Balaban J connectivity index is 1.89. The second-order valence-corrected chi connectivity index (χ2v) is 4.75. The van der Waals surface area contributed by atoms with Crippen molar-refractivity contribution in [1.29, 1.82) is 0 Å². The number of nitrogens with zero attached hydrogens (tertiary/aromatic N) is 1. The highest BCUT2D eigenvalue weighted by molar-refractivity contribution is 5.62. The second-order valence-electron chi connectivity index (χ2n) is 4.75. The molecule has 0 amide bonds. The lowest BCUT2D eigenvalue weighted by Crippen LogP contribution is -2.08. The van der Waals surface area contributed by atoms with Crippen LogP contribution in [0.5, 0.6) is 0 Å². The van der Waals surface area contributed by atoms with Crippen LogP contribution in [0.4, 0.5) is 0 Å². The van der Waals surface area contributed by atoms with Gasteiger partial charge in [0, 0.05) is 17.7 Å². The maximum absolute atomic E-state index is 5.73. The summed E-state index contributed by atoms with van der Waals surface area (Å²) in [4.78, 5) is 0. The van der Waals surface area contributed by atoms with Gasteiger partial charge in [0.05, 0.1) is 12.5 Å². The van der Waals surface area contributed by atoms with E-state index < -0.39 is 0 Å². The summed E-state index contributed by atoms with van der Waals surface area (Å²) in [5, 5.41) is 6.80. The van der Waals surface area contributed by atoms with Gasteiger partial charge in [-0.3, -0.25) is 5.10 Å². The molecule has 3 aromatic rings. The lowest BCUT2D eigenvalue weighted by Gasteiger charge is -2.14. The predicted octanol–water partition coefficient (Wildman–Crippen LogP) is 3.15. The van der Waals surface area contributed by atoms with Crippen LogP contribution in [0.1, 0.15) is 23.7 Å². The average molecular weight is 267 g/mol. The van der Waals surface area contributed by atoms with Crippen molar-refractivity contribution in [2.24, 2.45) is 5.73 Å². The van der Waals surface area contributed by atoms with Gasteiger partial charge in [-0.05, 0) is 36.2 Å². The summed E-state index contributed by atoms with van der Waals surface area (Å²) in [6.45, 7) is 0.634. The Morgan fingerprint density at radius 3 is 2.60 bits per heavy atom. The van der Waals surface area contributed by atoms with E-state index in [1.54, 1.807) is 6.26 Å². The number of hydrogen-bond donors (Lipinski definition) is 2. The molecule has 0 spiro atoms. The van der Waals surface area contributed by atoms with Crippen LogP contribution in [0, 0.1) is 0 Å². The van der Waals surface area contributed by atoms with Crippen molar-refractivity contribution in [2.45, 2.75) is 12.3 Å². The molecule has 2 aromatic heterocycles. The third kappa shape index (κ3) is 2.51. The topological polar surface area (TPSA) is 67.8 Å². The maximum atomic E-state index is 5.73. The number of benzene rings is 1. The zero-order chi connectivity index (χ0) is 13.8. The fraction of sp³-hybridized carbons (Fsp3) is 0.188.